The molecule has 0 aromatic heterocycles. The fourth-order valence-electron chi connectivity index (χ4n) is 1.30. The van der Waals surface area contributed by atoms with Crippen LogP contribution in [-0.2, 0) is 0 Å². The van der Waals surface area contributed by atoms with Crippen LogP contribution < -0.4 is 5.73 Å². The molecule has 0 fully saturated rings. The van der Waals surface area contributed by atoms with Gasteiger partial charge in [0.2, 0.25) is 0 Å². The molecule has 92 valence electrons. The first-order valence-electron chi connectivity index (χ1n) is 5.01. The van der Waals surface area contributed by atoms with Gasteiger partial charge in [0, 0.05) is 12.6 Å². The number of amidine groups is 1. The van der Waals surface area contributed by atoms with Crippen LogP contribution in [0.3, 0.4) is 0 Å². The number of rotatable bonds is 3. The summed E-state index contributed by atoms with van der Waals surface area (Å²) in [7, 11) is 1.54. The van der Waals surface area contributed by atoms with Crippen LogP contribution in [0.1, 0.15) is 17.3 Å². The maximum Gasteiger partial charge on any atom is 0.254 e. The van der Waals surface area contributed by atoms with Gasteiger partial charge in [0.05, 0.1) is 6.04 Å². The molecule has 0 heterocycles. The molecular formula is C11H15N3O3. The second-order valence-electron chi connectivity index (χ2n) is 3.67. The zero-order chi connectivity index (χ0) is 13.0. The van der Waals surface area contributed by atoms with E-state index in [1.54, 1.807) is 19.1 Å². The number of benzene rings is 1. The Balaban J connectivity index is 2.90. The van der Waals surface area contributed by atoms with Crippen molar-refractivity contribution in [2.75, 3.05) is 7.05 Å². The predicted molar refractivity (Wildman–Crippen MR) is 63.1 cm³/mol. The van der Waals surface area contributed by atoms with Crippen molar-refractivity contribution in [1.29, 1.82) is 0 Å². The number of carbonyl (C=O) groups is 1. The Hall–Kier alpha value is -2.24. The number of hydrogen-bond acceptors (Lipinski definition) is 4. The Morgan fingerprint density at radius 2 is 2.18 bits per heavy atom. The van der Waals surface area contributed by atoms with Crippen molar-refractivity contribution in [3.05, 3.63) is 29.8 Å². The van der Waals surface area contributed by atoms with Gasteiger partial charge < -0.3 is 20.9 Å². The van der Waals surface area contributed by atoms with Gasteiger partial charge in [-0.3, -0.25) is 4.79 Å². The van der Waals surface area contributed by atoms with Gasteiger partial charge >= 0.3 is 0 Å². The number of phenols is 1. The molecular weight excluding hydrogens is 222 g/mol. The van der Waals surface area contributed by atoms with Gasteiger partial charge in [-0.25, -0.2) is 0 Å². The van der Waals surface area contributed by atoms with E-state index in [0.29, 0.717) is 5.56 Å². The summed E-state index contributed by atoms with van der Waals surface area (Å²) in [5.74, 6) is -0.360. The summed E-state index contributed by atoms with van der Waals surface area (Å²) < 4.78 is 0. The summed E-state index contributed by atoms with van der Waals surface area (Å²) in [5.41, 5.74) is 5.76. The summed E-state index contributed by atoms with van der Waals surface area (Å²) in [6, 6.07) is 5.46. The maximum atomic E-state index is 12.0. The fourth-order valence-corrected chi connectivity index (χ4v) is 1.30. The molecule has 1 rings (SSSR count). The lowest BCUT2D eigenvalue weighted by atomic mass is 10.1. The summed E-state index contributed by atoms with van der Waals surface area (Å²) in [4.78, 5) is 13.3. The number of nitrogens with zero attached hydrogens (tertiary/aromatic N) is 2. The molecule has 17 heavy (non-hydrogen) atoms. The van der Waals surface area contributed by atoms with E-state index in [2.05, 4.69) is 5.16 Å². The van der Waals surface area contributed by atoms with Crippen LogP contribution in [0.4, 0.5) is 0 Å². The van der Waals surface area contributed by atoms with Crippen molar-refractivity contribution in [2.45, 2.75) is 13.0 Å². The molecule has 1 amide bonds. The number of aromatic hydroxyl groups is 1. The van der Waals surface area contributed by atoms with Gasteiger partial charge in [-0.05, 0) is 25.1 Å². The summed E-state index contributed by atoms with van der Waals surface area (Å²) >= 11 is 0. The number of hydrogen-bond donors (Lipinski definition) is 3. The van der Waals surface area contributed by atoms with Crippen LogP contribution in [0.25, 0.3) is 0 Å². The first kappa shape index (κ1) is 12.8. The quantitative estimate of drug-likeness (QED) is 0.310. The molecule has 6 nitrogen and oxygen atoms in total. The topological polar surface area (TPSA) is 99.2 Å². The molecule has 4 N–H and O–H groups in total. The SMILES string of the molecule is CC(C(N)=NO)N(C)C(=O)c1cccc(O)c1. The van der Waals surface area contributed by atoms with Gasteiger partial charge in [0.1, 0.15) is 5.75 Å². The fraction of sp³-hybridized carbons (Fsp3) is 0.273. The molecule has 0 spiro atoms. The highest BCUT2D eigenvalue weighted by Gasteiger charge is 2.20. The van der Waals surface area contributed by atoms with Crippen molar-refractivity contribution in [3.8, 4) is 5.75 Å². The first-order valence-corrected chi connectivity index (χ1v) is 5.01. The van der Waals surface area contributed by atoms with E-state index in [9.17, 15) is 9.90 Å². The highest BCUT2D eigenvalue weighted by Crippen LogP contribution is 2.13. The summed E-state index contributed by atoms with van der Waals surface area (Å²) in [6.45, 7) is 1.63. The van der Waals surface area contributed by atoms with Gasteiger partial charge in [0.15, 0.2) is 5.84 Å². The molecule has 1 atom stereocenters. The molecule has 0 aliphatic rings. The molecule has 1 unspecified atom stereocenters. The van der Waals surface area contributed by atoms with E-state index in [1.165, 1.54) is 24.1 Å². The number of phenolic OH excluding ortho intramolecular Hbond substituents is 1. The van der Waals surface area contributed by atoms with Gasteiger partial charge in [0.25, 0.3) is 5.91 Å². The van der Waals surface area contributed by atoms with Crippen LogP contribution in [0.2, 0.25) is 0 Å². The zero-order valence-corrected chi connectivity index (χ0v) is 9.66. The second kappa shape index (κ2) is 5.20. The standard InChI is InChI=1S/C11H15N3O3/c1-7(10(12)13-17)14(2)11(16)8-4-3-5-9(15)6-8/h3-7,15,17H,1-2H3,(H2,12,13). The third-order valence-electron chi connectivity index (χ3n) is 2.54. The van der Waals surface area contributed by atoms with Crippen molar-refractivity contribution in [3.63, 3.8) is 0 Å². The molecule has 0 saturated heterocycles. The number of amides is 1. The monoisotopic (exact) mass is 237 g/mol. The summed E-state index contributed by atoms with van der Waals surface area (Å²) in [5, 5.41) is 20.7. The summed E-state index contributed by atoms with van der Waals surface area (Å²) in [6.07, 6.45) is 0. The molecule has 1 aromatic carbocycles. The predicted octanol–water partition coefficient (Wildman–Crippen LogP) is 0.599. The third-order valence-corrected chi connectivity index (χ3v) is 2.54. The Morgan fingerprint density at radius 1 is 1.53 bits per heavy atom. The minimum absolute atomic E-state index is 0.0145. The third kappa shape index (κ3) is 2.87. The van der Waals surface area contributed by atoms with Crippen LogP contribution in [0.5, 0.6) is 5.75 Å². The van der Waals surface area contributed by atoms with Crippen LogP contribution in [-0.4, -0.2) is 40.0 Å². The largest absolute Gasteiger partial charge is 0.508 e. The van der Waals surface area contributed by atoms with Crippen LogP contribution >= 0.6 is 0 Å². The van der Waals surface area contributed by atoms with Crippen molar-refractivity contribution in [2.24, 2.45) is 10.9 Å². The normalized spacial score (nSPS) is 13.2. The minimum atomic E-state index is -0.533. The molecule has 0 bridgehead atoms. The Labute approximate surface area is 99.0 Å². The van der Waals surface area contributed by atoms with Gasteiger partial charge in [-0.1, -0.05) is 11.2 Å². The van der Waals surface area contributed by atoms with Crippen molar-refractivity contribution in [1.82, 2.24) is 4.90 Å². The number of likely N-dealkylation sites (N-methyl/N-ethyl adjacent to an activating group) is 1. The zero-order valence-electron chi connectivity index (χ0n) is 9.66. The van der Waals surface area contributed by atoms with Crippen LogP contribution in [0, 0.1) is 0 Å². The van der Waals surface area contributed by atoms with E-state index in [1.807, 2.05) is 0 Å². The molecule has 0 radical (unpaired) electrons. The average molecular weight is 237 g/mol. The van der Waals surface area contributed by atoms with E-state index < -0.39 is 6.04 Å². The lowest BCUT2D eigenvalue weighted by Gasteiger charge is -2.23. The lowest BCUT2D eigenvalue weighted by molar-refractivity contribution is 0.0776. The Morgan fingerprint density at radius 3 is 2.71 bits per heavy atom. The average Bonchev–Trinajstić information content (AvgIpc) is 2.35. The highest BCUT2D eigenvalue weighted by atomic mass is 16.4. The lowest BCUT2D eigenvalue weighted by Crippen LogP contribution is -2.43. The van der Waals surface area contributed by atoms with Gasteiger partial charge in [-0.15, -0.1) is 0 Å². The highest BCUT2D eigenvalue weighted by molar-refractivity contribution is 5.98. The number of nitrogens with two attached hydrogens (primary N) is 1. The Kier molecular flexibility index (Phi) is 3.92. The van der Waals surface area contributed by atoms with Crippen molar-refractivity contribution >= 4 is 11.7 Å². The van der Waals surface area contributed by atoms with Crippen molar-refractivity contribution < 1.29 is 15.1 Å². The smallest absolute Gasteiger partial charge is 0.254 e. The molecule has 1 aromatic rings. The molecule has 0 aliphatic heterocycles. The van der Waals surface area contributed by atoms with E-state index in [4.69, 9.17) is 10.9 Å². The van der Waals surface area contributed by atoms with Crippen LogP contribution in [0.15, 0.2) is 29.4 Å². The Bertz CT molecular complexity index is 445. The second-order valence-corrected chi connectivity index (χ2v) is 3.67. The maximum absolute atomic E-state index is 12.0. The number of oxime groups is 1. The first-order chi connectivity index (χ1) is 7.97. The van der Waals surface area contributed by atoms with Gasteiger partial charge in [-0.2, -0.15) is 0 Å². The molecule has 0 saturated carbocycles. The number of carbonyl (C=O) groups excluding carboxylic acids is 1. The van der Waals surface area contributed by atoms with E-state index >= 15 is 0 Å². The minimum Gasteiger partial charge on any atom is -0.508 e. The molecule has 6 heteroatoms. The molecule has 0 aliphatic carbocycles. The van der Waals surface area contributed by atoms with E-state index in [0.717, 1.165) is 0 Å². The van der Waals surface area contributed by atoms with E-state index in [-0.39, 0.29) is 17.5 Å².